The first-order valence-corrected chi connectivity index (χ1v) is 6.15. The van der Waals surface area contributed by atoms with Gasteiger partial charge in [0.05, 0.1) is 11.9 Å². The van der Waals surface area contributed by atoms with Crippen LogP contribution in [0.3, 0.4) is 0 Å². The van der Waals surface area contributed by atoms with E-state index in [-0.39, 0.29) is 5.56 Å². The minimum absolute atomic E-state index is 0.114. The maximum atomic E-state index is 11.5. The van der Waals surface area contributed by atoms with Crippen LogP contribution in [0.4, 0.5) is 11.5 Å². The first-order valence-electron chi connectivity index (χ1n) is 6.15. The van der Waals surface area contributed by atoms with E-state index in [9.17, 15) is 4.79 Å². The van der Waals surface area contributed by atoms with E-state index < -0.39 is 0 Å². The summed E-state index contributed by atoms with van der Waals surface area (Å²) in [7, 11) is 0. The summed E-state index contributed by atoms with van der Waals surface area (Å²) < 4.78 is 1.82. The van der Waals surface area contributed by atoms with E-state index in [1.54, 1.807) is 6.20 Å². The fraction of sp³-hybridized carbons (Fsp3) is 0.417. The van der Waals surface area contributed by atoms with Crippen molar-refractivity contribution >= 4 is 11.5 Å². The number of hydrogen-bond donors (Lipinski definition) is 2. The van der Waals surface area contributed by atoms with Gasteiger partial charge in [-0.2, -0.15) is 5.10 Å². The van der Waals surface area contributed by atoms with Crippen LogP contribution >= 0.6 is 0 Å². The summed E-state index contributed by atoms with van der Waals surface area (Å²) >= 11 is 0. The molecule has 6 nitrogen and oxygen atoms in total. The average Bonchev–Trinajstić information content (AvgIpc) is 3.10. The van der Waals surface area contributed by atoms with E-state index in [1.807, 2.05) is 17.8 Å². The Morgan fingerprint density at radius 2 is 2.39 bits per heavy atom. The highest BCUT2D eigenvalue weighted by Crippen LogP contribution is 2.37. The molecule has 0 atom stereocenters. The molecule has 1 fully saturated rings. The van der Waals surface area contributed by atoms with Crippen molar-refractivity contribution in [3.8, 4) is 0 Å². The van der Waals surface area contributed by atoms with Crippen molar-refractivity contribution in [3.05, 3.63) is 34.6 Å². The van der Waals surface area contributed by atoms with E-state index in [0.717, 1.165) is 30.9 Å². The highest BCUT2D eigenvalue weighted by molar-refractivity contribution is 5.53. The molecule has 1 aliphatic rings. The van der Waals surface area contributed by atoms with Crippen molar-refractivity contribution in [3.63, 3.8) is 0 Å². The van der Waals surface area contributed by atoms with Gasteiger partial charge in [0.1, 0.15) is 11.6 Å². The fourth-order valence-corrected chi connectivity index (χ4v) is 1.84. The second-order valence-corrected chi connectivity index (χ2v) is 4.50. The van der Waals surface area contributed by atoms with Crippen LogP contribution in [0.15, 0.2) is 23.3 Å². The third kappa shape index (κ3) is 2.27. The van der Waals surface area contributed by atoms with Crippen LogP contribution in [0, 0.1) is 0 Å². The Balaban J connectivity index is 1.85. The van der Waals surface area contributed by atoms with Crippen molar-refractivity contribution in [2.24, 2.45) is 0 Å². The highest BCUT2D eigenvalue weighted by Gasteiger charge is 2.26. The van der Waals surface area contributed by atoms with Crippen LogP contribution in [-0.2, 0) is 6.54 Å². The monoisotopic (exact) mass is 245 g/mol. The molecule has 2 aromatic rings. The normalized spacial score (nSPS) is 14.7. The van der Waals surface area contributed by atoms with Crippen LogP contribution in [0.5, 0.6) is 0 Å². The summed E-state index contributed by atoms with van der Waals surface area (Å²) in [5.74, 6) is 1.79. The summed E-state index contributed by atoms with van der Waals surface area (Å²) in [6.07, 6.45) is 5.84. The number of hydrogen-bond acceptors (Lipinski definition) is 4. The molecule has 0 spiro atoms. The predicted octanol–water partition coefficient (Wildman–Crippen LogP) is 1.61. The van der Waals surface area contributed by atoms with Gasteiger partial charge in [0.2, 0.25) is 0 Å². The zero-order chi connectivity index (χ0) is 12.5. The van der Waals surface area contributed by atoms with Crippen molar-refractivity contribution in [1.82, 2.24) is 19.7 Å². The summed E-state index contributed by atoms with van der Waals surface area (Å²) in [5, 5.41) is 7.27. The largest absolute Gasteiger partial charge is 0.337 e. The lowest BCUT2D eigenvalue weighted by molar-refractivity contribution is 0.660. The zero-order valence-electron chi connectivity index (χ0n) is 10.2. The molecular weight excluding hydrogens is 230 g/mol. The number of nitrogens with zero attached hydrogens (tertiary/aromatic N) is 3. The number of aromatic amines is 1. The first kappa shape index (κ1) is 11.0. The van der Waals surface area contributed by atoms with E-state index in [2.05, 4.69) is 20.4 Å². The zero-order valence-corrected chi connectivity index (χ0v) is 10.2. The van der Waals surface area contributed by atoms with E-state index in [0.29, 0.717) is 11.7 Å². The smallest absolute Gasteiger partial charge is 0.252 e. The van der Waals surface area contributed by atoms with Crippen LogP contribution in [-0.4, -0.2) is 19.7 Å². The molecule has 94 valence electrons. The van der Waals surface area contributed by atoms with Gasteiger partial charge >= 0.3 is 0 Å². The predicted molar refractivity (Wildman–Crippen MR) is 68.0 cm³/mol. The Morgan fingerprint density at radius 3 is 3.06 bits per heavy atom. The highest BCUT2D eigenvalue weighted by atomic mass is 16.1. The third-order valence-corrected chi connectivity index (χ3v) is 2.95. The lowest BCUT2D eigenvalue weighted by Gasteiger charge is -2.04. The van der Waals surface area contributed by atoms with Crippen molar-refractivity contribution in [2.75, 3.05) is 5.32 Å². The van der Waals surface area contributed by atoms with Gasteiger partial charge in [-0.3, -0.25) is 9.48 Å². The molecule has 2 N–H and O–H groups in total. The molecule has 0 unspecified atom stereocenters. The van der Waals surface area contributed by atoms with Crippen LogP contribution in [0.2, 0.25) is 0 Å². The molecule has 2 heterocycles. The molecule has 6 heteroatoms. The van der Waals surface area contributed by atoms with Crippen LogP contribution in [0.25, 0.3) is 0 Å². The van der Waals surface area contributed by atoms with Crippen LogP contribution < -0.4 is 10.9 Å². The van der Waals surface area contributed by atoms with E-state index in [1.165, 1.54) is 6.07 Å². The summed E-state index contributed by atoms with van der Waals surface area (Å²) in [6.45, 7) is 2.84. The van der Waals surface area contributed by atoms with Crippen molar-refractivity contribution in [1.29, 1.82) is 0 Å². The molecule has 18 heavy (non-hydrogen) atoms. The maximum absolute atomic E-state index is 11.5. The summed E-state index contributed by atoms with van der Waals surface area (Å²) in [4.78, 5) is 18.7. The van der Waals surface area contributed by atoms with Crippen molar-refractivity contribution < 1.29 is 0 Å². The van der Waals surface area contributed by atoms with Gasteiger partial charge in [-0.05, 0) is 19.8 Å². The van der Waals surface area contributed by atoms with Gasteiger partial charge in [-0.1, -0.05) is 0 Å². The van der Waals surface area contributed by atoms with E-state index in [4.69, 9.17) is 0 Å². The molecule has 0 aromatic carbocycles. The second kappa shape index (κ2) is 4.29. The summed E-state index contributed by atoms with van der Waals surface area (Å²) in [5.41, 5.74) is 0.731. The van der Waals surface area contributed by atoms with Crippen LogP contribution in [0.1, 0.15) is 31.5 Å². The molecule has 0 saturated heterocycles. The maximum Gasteiger partial charge on any atom is 0.252 e. The van der Waals surface area contributed by atoms with Gasteiger partial charge in [0, 0.05) is 24.7 Å². The van der Waals surface area contributed by atoms with E-state index >= 15 is 0 Å². The van der Waals surface area contributed by atoms with Gasteiger partial charge < -0.3 is 10.3 Å². The number of nitrogens with one attached hydrogen (secondary N) is 2. The topological polar surface area (TPSA) is 75.6 Å². The Kier molecular flexibility index (Phi) is 2.62. The van der Waals surface area contributed by atoms with Crippen molar-refractivity contribution in [2.45, 2.75) is 32.2 Å². The first-order chi connectivity index (χ1) is 8.74. The minimum Gasteiger partial charge on any atom is -0.337 e. The molecule has 2 aromatic heterocycles. The Morgan fingerprint density at radius 1 is 1.56 bits per heavy atom. The SMILES string of the molecule is CCn1cc(Nc2cc(=O)[nH]c(C3CC3)n2)cn1. The summed E-state index contributed by atoms with van der Waals surface area (Å²) in [6, 6.07) is 1.47. The lowest BCUT2D eigenvalue weighted by Crippen LogP contribution is -2.11. The molecule has 0 amide bonds. The molecule has 1 saturated carbocycles. The third-order valence-electron chi connectivity index (χ3n) is 2.95. The fourth-order valence-electron chi connectivity index (χ4n) is 1.84. The van der Waals surface area contributed by atoms with Gasteiger partial charge in [0.15, 0.2) is 0 Å². The number of H-pyrrole nitrogens is 1. The number of aryl methyl sites for hydroxylation is 1. The number of anilines is 2. The van der Waals surface area contributed by atoms with Gasteiger partial charge in [-0.15, -0.1) is 0 Å². The Bertz CT molecular complexity index is 611. The number of rotatable bonds is 4. The lowest BCUT2D eigenvalue weighted by atomic mass is 10.4. The molecule has 0 radical (unpaired) electrons. The Hall–Kier alpha value is -2.11. The molecular formula is C12H15N5O. The molecule has 1 aliphatic carbocycles. The molecule has 0 bridgehead atoms. The minimum atomic E-state index is -0.114. The second-order valence-electron chi connectivity index (χ2n) is 4.50. The van der Waals surface area contributed by atoms with Gasteiger partial charge in [0.25, 0.3) is 5.56 Å². The Labute approximate surface area is 104 Å². The quantitative estimate of drug-likeness (QED) is 0.858. The number of aromatic nitrogens is 4. The average molecular weight is 245 g/mol. The molecule has 3 rings (SSSR count). The standard InChI is InChI=1S/C12H15N5O/c1-2-17-7-9(6-13-17)14-10-5-11(18)16-12(15-10)8-3-4-8/h5-8H,2-4H2,1H3,(H2,14,15,16,18). The molecule has 0 aliphatic heterocycles. The van der Waals surface area contributed by atoms with Gasteiger partial charge in [-0.25, -0.2) is 4.98 Å².